The highest BCUT2D eigenvalue weighted by Gasteiger charge is 2.08. The number of hydrogen-bond donors (Lipinski definition) is 2. The molecule has 0 aliphatic heterocycles. The van der Waals surface area contributed by atoms with Gasteiger partial charge in [-0.3, -0.25) is 9.59 Å². The van der Waals surface area contributed by atoms with E-state index in [9.17, 15) is 9.59 Å². The molecule has 0 aliphatic carbocycles. The van der Waals surface area contributed by atoms with Crippen LogP contribution < -0.4 is 15.4 Å². The molecule has 23 heavy (non-hydrogen) atoms. The van der Waals surface area contributed by atoms with Gasteiger partial charge in [-0.1, -0.05) is 29.3 Å². The summed E-state index contributed by atoms with van der Waals surface area (Å²) in [5, 5.41) is 6.10. The molecule has 2 amide bonds. The molecule has 0 atom stereocenters. The molecule has 0 bridgehead atoms. The lowest BCUT2D eigenvalue weighted by Crippen LogP contribution is -2.20. The zero-order chi connectivity index (χ0) is 16.8. The summed E-state index contributed by atoms with van der Waals surface area (Å²) in [5.74, 6) is -0.0989. The summed E-state index contributed by atoms with van der Waals surface area (Å²) >= 11 is 11.8. The van der Waals surface area contributed by atoms with Crippen LogP contribution in [0, 0.1) is 0 Å². The Bertz CT molecular complexity index is 735. The highest BCUT2D eigenvalue weighted by molar-refractivity contribution is 6.35. The Balaban J connectivity index is 1.94. The van der Waals surface area contributed by atoms with Crippen LogP contribution in [0.4, 0.5) is 11.4 Å². The zero-order valence-electron chi connectivity index (χ0n) is 12.2. The van der Waals surface area contributed by atoms with Crippen molar-refractivity contribution >= 4 is 46.4 Å². The molecule has 0 unspecified atom stereocenters. The van der Waals surface area contributed by atoms with Gasteiger partial charge in [-0.25, -0.2) is 0 Å². The minimum Gasteiger partial charge on any atom is -0.484 e. The molecule has 0 aromatic heterocycles. The molecule has 0 radical (unpaired) electrons. The van der Waals surface area contributed by atoms with Gasteiger partial charge < -0.3 is 15.4 Å². The van der Waals surface area contributed by atoms with Crippen LogP contribution in [0.1, 0.15) is 6.92 Å². The first-order valence-corrected chi connectivity index (χ1v) is 7.45. The molecule has 0 aliphatic rings. The second-order valence-corrected chi connectivity index (χ2v) is 5.51. The number of halogens is 2. The van der Waals surface area contributed by atoms with Crippen LogP contribution in [0.5, 0.6) is 5.75 Å². The van der Waals surface area contributed by atoms with E-state index in [1.165, 1.54) is 6.92 Å². The number of benzene rings is 2. The first-order valence-electron chi connectivity index (χ1n) is 6.69. The Hall–Kier alpha value is -2.24. The molecule has 0 heterocycles. The van der Waals surface area contributed by atoms with Gasteiger partial charge in [-0.15, -0.1) is 0 Å². The Morgan fingerprint density at radius 2 is 1.87 bits per heavy atom. The van der Waals surface area contributed by atoms with Crippen molar-refractivity contribution in [2.24, 2.45) is 0 Å². The van der Waals surface area contributed by atoms with Crippen molar-refractivity contribution in [3.05, 3.63) is 52.5 Å². The summed E-state index contributed by atoms with van der Waals surface area (Å²) in [6.45, 7) is 1.21. The van der Waals surface area contributed by atoms with E-state index in [-0.39, 0.29) is 18.4 Å². The van der Waals surface area contributed by atoms with E-state index < -0.39 is 0 Å². The Kier molecular flexibility index (Phi) is 5.84. The van der Waals surface area contributed by atoms with Gasteiger partial charge in [0, 0.05) is 23.7 Å². The third-order valence-corrected chi connectivity index (χ3v) is 3.29. The van der Waals surface area contributed by atoms with E-state index in [2.05, 4.69) is 10.6 Å². The molecular weight excluding hydrogens is 339 g/mol. The average Bonchev–Trinajstić information content (AvgIpc) is 2.49. The largest absolute Gasteiger partial charge is 0.484 e. The maximum atomic E-state index is 11.9. The molecule has 0 spiro atoms. The van der Waals surface area contributed by atoms with E-state index in [4.69, 9.17) is 27.9 Å². The molecule has 120 valence electrons. The fraction of sp³-hybridized carbons (Fsp3) is 0.125. The van der Waals surface area contributed by atoms with Gasteiger partial charge >= 0.3 is 0 Å². The summed E-state index contributed by atoms with van der Waals surface area (Å²) in [4.78, 5) is 22.9. The predicted octanol–water partition coefficient (Wildman–Crippen LogP) is 3.97. The normalized spacial score (nSPS) is 10.0. The summed E-state index contributed by atoms with van der Waals surface area (Å²) in [5.41, 5.74) is 1.01. The second kappa shape index (κ2) is 7.85. The number of ether oxygens (including phenoxy) is 1. The van der Waals surface area contributed by atoms with Crippen LogP contribution in [0.2, 0.25) is 10.0 Å². The molecule has 0 saturated heterocycles. The third kappa shape index (κ3) is 5.47. The van der Waals surface area contributed by atoms with Crippen molar-refractivity contribution in [2.45, 2.75) is 6.92 Å². The van der Waals surface area contributed by atoms with Crippen LogP contribution in [0.15, 0.2) is 42.5 Å². The number of amides is 2. The van der Waals surface area contributed by atoms with Gasteiger partial charge in [0.2, 0.25) is 5.91 Å². The number of carbonyl (C=O) groups is 2. The number of carbonyl (C=O) groups excluding carboxylic acids is 2. The van der Waals surface area contributed by atoms with Crippen LogP contribution in [-0.4, -0.2) is 18.4 Å². The fourth-order valence-electron chi connectivity index (χ4n) is 1.80. The van der Waals surface area contributed by atoms with E-state index in [1.54, 1.807) is 42.5 Å². The predicted molar refractivity (Wildman–Crippen MR) is 91.3 cm³/mol. The van der Waals surface area contributed by atoms with E-state index >= 15 is 0 Å². The fourth-order valence-corrected chi connectivity index (χ4v) is 2.13. The summed E-state index contributed by atoms with van der Waals surface area (Å²) in [6.07, 6.45) is 0. The van der Waals surface area contributed by atoms with Crippen molar-refractivity contribution in [2.75, 3.05) is 17.2 Å². The van der Waals surface area contributed by atoms with Gasteiger partial charge in [0.25, 0.3) is 5.91 Å². The molecule has 0 fully saturated rings. The topological polar surface area (TPSA) is 67.4 Å². The average molecular weight is 353 g/mol. The molecule has 2 rings (SSSR count). The van der Waals surface area contributed by atoms with Gasteiger partial charge in [0.05, 0.1) is 10.7 Å². The lowest BCUT2D eigenvalue weighted by Gasteiger charge is -2.10. The lowest BCUT2D eigenvalue weighted by atomic mass is 10.3. The number of anilines is 2. The Labute approximate surface area is 143 Å². The van der Waals surface area contributed by atoms with Crippen LogP contribution in [0.25, 0.3) is 0 Å². The lowest BCUT2D eigenvalue weighted by molar-refractivity contribution is -0.118. The quantitative estimate of drug-likeness (QED) is 0.855. The van der Waals surface area contributed by atoms with Gasteiger partial charge in [0.1, 0.15) is 5.75 Å². The maximum Gasteiger partial charge on any atom is 0.262 e. The molecule has 7 heteroatoms. The first kappa shape index (κ1) is 17.1. The minimum absolute atomic E-state index is 0.185. The van der Waals surface area contributed by atoms with Crippen molar-refractivity contribution in [3.63, 3.8) is 0 Å². The van der Waals surface area contributed by atoms with E-state index in [1.807, 2.05) is 0 Å². The van der Waals surface area contributed by atoms with Crippen molar-refractivity contribution in [1.82, 2.24) is 0 Å². The maximum absolute atomic E-state index is 11.9. The third-order valence-electron chi connectivity index (χ3n) is 2.73. The van der Waals surface area contributed by atoms with E-state index in [0.717, 1.165) is 0 Å². The molecule has 2 N–H and O–H groups in total. The highest BCUT2D eigenvalue weighted by Crippen LogP contribution is 2.25. The highest BCUT2D eigenvalue weighted by atomic mass is 35.5. The van der Waals surface area contributed by atoms with Crippen LogP contribution >= 0.6 is 23.2 Å². The molecule has 2 aromatic rings. The van der Waals surface area contributed by atoms with Crippen molar-refractivity contribution in [1.29, 1.82) is 0 Å². The first-order chi connectivity index (χ1) is 10.9. The van der Waals surface area contributed by atoms with E-state index in [0.29, 0.717) is 27.2 Å². The van der Waals surface area contributed by atoms with Gasteiger partial charge in [0.15, 0.2) is 6.61 Å². The standard InChI is InChI=1S/C16H14Cl2N2O3/c1-10(21)19-12-3-2-4-13(8-12)23-9-16(22)20-15-7-11(17)5-6-14(15)18/h2-8H,9H2,1H3,(H,19,21)(H,20,22). The number of hydrogen-bond acceptors (Lipinski definition) is 3. The molecule has 5 nitrogen and oxygen atoms in total. The van der Waals surface area contributed by atoms with Crippen molar-refractivity contribution in [3.8, 4) is 5.75 Å². The molecular formula is C16H14Cl2N2O3. The molecule has 2 aromatic carbocycles. The monoisotopic (exact) mass is 352 g/mol. The Morgan fingerprint density at radius 3 is 2.61 bits per heavy atom. The summed E-state index contributed by atoms with van der Waals surface area (Å²) < 4.78 is 5.39. The van der Waals surface area contributed by atoms with Gasteiger partial charge in [-0.2, -0.15) is 0 Å². The van der Waals surface area contributed by atoms with Crippen molar-refractivity contribution < 1.29 is 14.3 Å². The number of rotatable bonds is 5. The minimum atomic E-state index is -0.376. The van der Waals surface area contributed by atoms with Crippen LogP contribution in [-0.2, 0) is 9.59 Å². The molecule has 0 saturated carbocycles. The SMILES string of the molecule is CC(=O)Nc1cccc(OCC(=O)Nc2cc(Cl)ccc2Cl)c1. The summed E-state index contributed by atoms with van der Waals surface area (Å²) in [6, 6.07) is 11.5. The smallest absolute Gasteiger partial charge is 0.262 e. The Morgan fingerprint density at radius 1 is 1.09 bits per heavy atom. The second-order valence-electron chi connectivity index (χ2n) is 4.67. The van der Waals surface area contributed by atoms with Gasteiger partial charge in [-0.05, 0) is 30.3 Å². The van der Waals surface area contributed by atoms with Crippen LogP contribution in [0.3, 0.4) is 0 Å². The number of nitrogens with one attached hydrogen (secondary N) is 2. The zero-order valence-corrected chi connectivity index (χ0v) is 13.7. The summed E-state index contributed by atoms with van der Waals surface area (Å²) in [7, 11) is 0.